The zero-order valence-electron chi connectivity index (χ0n) is 16.9. The predicted molar refractivity (Wildman–Crippen MR) is 115 cm³/mol. The van der Waals surface area contributed by atoms with Crippen LogP contribution in [0.2, 0.25) is 0 Å². The minimum Gasteiger partial charge on any atom is -0.168 e. The number of carbonyl (C=O) groups is 2. The van der Waals surface area contributed by atoms with Gasteiger partial charge in [-0.25, -0.2) is 0 Å². The quantitative estimate of drug-likeness (QED) is 0.128. The Balaban J connectivity index is 0.000000555. The van der Waals surface area contributed by atoms with Gasteiger partial charge >= 0.3 is 188 Å². The molecule has 0 atom stereocenters. The van der Waals surface area contributed by atoms with E-state index in [1.165, 1.54) is 13.8 Å². The third-order valence-electron chi connectivity index (χ3n) is 3.25. The van der Waals surface area contributed by atoms with Gasteiger partial charge in [-0.15, -0.1) is 0 Å². The summed E-state index contributed by atoms with van der Waals surface area (Å²) < 4.78 is 73.7. The van der Waals surface area contributed by atoms with Gasteiger partial charge in [0.1, 0.15) is 0 Å². The Kier molecular flexibility index (Phi) is 12.1. The number of hydrogen-bond acceptors (Lipinski definition) is 8. The molecule has 182 valence electrons. The Bertz CT molecular complexity index is 1050. The zero-order valence-corrected chi connectivity index (χ0v) is 21.5. The van der Waals surface area contributed by atoms with Gasteiger partial charge in [-0.2, -0.15) is 8.42 Å². The Morgan fingerprint density at radius 2 is 1.00 bits per heavy atom. The van der Waals surface area contributed by atoms with Crippen molar-refractivity contribution in [2.45, 2.75) is 13.8 Å². The molecule has 0 aliphatic rings. The minimum atomic E-state index is -4.98. The van der Waals surface area contributed by atoms with Crippen molar-refractivity contribution in [3.8, 4) is 11.5 Å². The first-order valence-corrected chi connectivity index (χ1v) is 15.7. The Hall–Kier alpha value is -2.64. The van der Waals surface area contributed by atoms with Crippen LogP contribution in [0.1, 0.15) is 13.8 Å². The predicted octanol–water partition coefficient (Wildman–Crippen LogP) is -2.85. The molecule has 2 amide bonds. The molecule has 17 heteroatoms. The van der Waals surface area contributed by atoms with Crippen molar-refractivity contribution in [1.82, 2.24) is 0 Å². The standard InChI is InChI=1S/2C8H10AsNO5.O2S/c2*1-5(11)10-7-4-6(9(13,14)15)2-3-8(7)12;1-3-2/h2*2-4,12H,1H3,(H,10,11)(H2,13,14,15);. The van der Waals surface area contributed by atoms with Crippen molar-refractivity contribution < 1.29 is 52.1 Å². The van der Waals surface area contributed by atoms with E-state index < -0.39 is 51.7 Å². The summed E-state index contributed by atoms with van der Waals surface area (Å²) in [5.41, 5.74) is -0.0190. The van der Waals surface area contributed by atoms with E-state index in [4.69, 9.17) is 24.8 Å². The number of benzene rings is 2. The van der Waals surface area contributed by atoms with Gasteiger partial charge in [0.25, 0.3) is 0 Å². The summed E-state index contributed by atoms with van der Waals surface area (Å²) in [5, 5.41) is 23.1. The van der Waals surface area contributed by atoms with Crippen LogP contribution in [0.3, 0.4) is 0 Å². The van der Waals surface area contributed by atoms with E-state index in [-0.39, 0.29) is 31.6 Å². The Morgan fingerprint density at radius 1 is 0.727 bits per heavy atom. The molecule has 0 heterocycles. The summed E-state index contributed by atoms with van der Waals surface area (Å²) in [6.07, 6.45) is 0. The van der Waals surface area contributed by atoms with Crippen molar-refractivity contribution in [2.24, 2.45) is 0 Å². The number of rotatable bonds is 4. The van der Waals surface area contributed by atoms with Gasteiger partial charge in [0.15, 0.2) is 0 Å². The van der Waals surface area contributed by atoms with E-state index in [0.29, 0.717) is 0 Å². The molecule has 2 aromatic carbocycles. The smallest absolute Gasteiger partial charge is 0.168 e. The fourth-order valence-corrected chi connectivity index (χ4v) is 4.36. The second-order valence-corrected chi connectivity index (χ2v) is 12.8. The van der Waals surface area contributed by atoms with E-state index in [2.05, 4.69) is 10.6 Å². The van der Waals surface area contributed by atoms with Crippen molar-refractivity contribution in [2.75, 3.05) is 10.6 Å². The molecule has 0 bridgehead atoms. The monoisotopic (exact) mass is 614 g/mol. The normalized spacial score (nSPS) is 10.5. The van der Waals surface area contributed by atoms with Crippen LogP contribution in [0.4, 0.5) is 11.4 Å². The molecule has 2 aromatic rings. The summed E-state index contributed by atoms with van der Waals surface area (Å²) in [7, 11) is 0. The first-order chi connectivity index (χ1) is 15.0. The van der Waals surface area contributed by atoms with Crippen molar-refractivity contribution >= 4 is 71.8 Å². The number of nitrogens with one attached hydrogen (secondary N) is 2. The van der Waals surface area contributed by atoms with Crippen LogP contribution >= 0.6 is 0 Å². The molecule has 0 fully saturated rings. The van der Waals surface area contributed by atoms with Crippen LogP contribution in [0.15, 0.2) is 36.4 Å². The van der Waals surface area contributed by atoms with Crippen molar-refractivity contribution in [3.63, 3.8) is 0 Å². The van der Waals surface area contributed by atoms with Gasteiger partial charge in [0.2, 0.25) is 0 Å². The van der Waals surface area contributed by atoms with Crippen LogP contribution in [-0.4, -0.2) is 75.2 Å². The van der Waals surface area contributed by atoms with Gasteiger partial charge in [-0.1, -0.05) is 0 Å². The molecular formula is C16H20As2N2O12S. The summed E-state index contributed by atoms with van der Waals surface area (Å²) in [5.74, 6) is -1.34. The number of phenolic OH excluding ortho intramolecular Hbond substituents is 2. The maximum atomic E-state index is 10.9. The fraction of sp³-hybridized carbons (Fsp3) is 0.125. The summed E-state index contributed by atoms with van der Waals surface area (Å²) >= 11 is -10.7. The van der Waals surface area contributed by atoms with Gasteiger partial charge in [0, 0.05) is 0 Å². The third kappa shape index (κ3) is 11.7. The Morgan fingerprint density at radius 3 is 1.21 bits per heavy atom. The maximum absolute atomic E-state index is 10.9. The maximum Gasteiger partial charge on any atom is 0.335 e. The topological polar surface area (TPSA) is 248 Å². The first kappa shape index (κ1) is 30.4. The number of anilines is 2. The molecule has 0 aliphatic heterocycles. The number of amides is 2. The van der Waals surface area contributed by atoms with Gasteiger partial charge in [0.05, 0.1) is 0 Å². The van der Waals surface area contributed by atoms with Gasteiger partial charge in [-0.3, -0.25) is 0 Å². The largest absolute Gasteiger partial charge is 0.335 e. The van der Waals surface area contributed by atoms with E-state index in [1.54, 1.807) is 0 Å². The van der Waals surface area contributed by atoms with Crippen LogP contribution in [0.25, 0.3) is 0 Å². The summed E-state index contributed by atoms with van der Waals surface area (Å²) in [6.45, 7) is 2.46. The van der Waals surface area contributed by atoms with Crippen LogP contribution < -0.4 is 19.3 Å². The molecule has 0 spiro atoms. The molecular weight excluding hydrogens is 594 g/mol. The third-order valence-corrected chi connectivity index (χ3v) is 7.24. The van der Waals surface area contributed by atoms with E-state index in [1.807, 2.05) is 0 Å². The molecule has 0 saturated carbocycles. The fourth-order valence-electron chi connectivity index (χ4n) is 1.99. The number of aromatic hydroxyl groups is 2. The number of hydrogen-bond donors (Lipinski definition) is 8. The second kappa shape index (κ2) is 13.2. The molecule has 33 heavy (non-hydrogen) atoms. The average Bonchev–Trinajstić information content (AvgIpc) is 2.64. The molecule has 2 rings (SSSR count). The number of carbonyl (C=O) groups excluding carboxylic acids is 2. The average molecular weight is 614 g/mol. The molecule has 0 unspecified atom stereocenters. The van der Waals surface area contributed by atoms with Crippen LogP contribution in [0, 0.1) is 0 Å². The number of phenols is 2. The van der Waals surface area contributed by atoms with E-state index in [9.17, 15) is 27.3 Å². The molecule has 0 aliphatic carbocycles. The zero-order chi connectivity index (χ0) is 26.0. The first-order valence-electron chi connectivity index (χ1n) is 8.28. The molecule has 0 aromatic heterocycles. The second-order valence-electron chi connectivity index (χ2n) is 5.92. The van der Waals surface area contributed by atoms with E-state index >= 15 is 0 Å². The Labute approximate surface area is 195 Å². The molecule has 14 nitrogen and oxygen atoms in total. The summed E-state index contributed by atoms with van der Waals surface area (Å²) in [6, 6.07) is 6.64. The minimum absolute atomic E-state index is 0.00951. The van der Waals surface area contributed by atoms with Gasteiger partial charge < -0.3 is 0 Å². The van der Waals surface area contributed by atoms with E-state index in [0.717, 1.165) is 36.4 Å². The molecule has 0 radical (unpaired) electrons. The molecule has 8 N–H and O–H groups in total. The molecule has 0 saturated heterocycles. The van der Waals surface area contributed by atoms with Crippen LogP contribution in [-0.2, 0) is 28.6 Å². The SMILES string of the molecule is CC(=O)Nc1cc([As](=O)(O)O)ccc1O.CC(=O)Nc1cc([As](=O)(O)O)ccc1O.O=S=O. The van der Waals surface area contributed by atoms with Crippen LogP contribution in [0.5, 0.6) is 11.5 Å². The van der Waals surface area contributed by atoms with Gasteiger partial charge in [-0.05, 0) is 0 Å². The summed E-state index contributed by atoms with van der Waals surface area (Å²) in [4.78, 5) is 21.4. The van der Waals surface area contributed by atoms with Crippen molar-refractivity contribution in [3.05, 3.63) is 36.4 Å². The van der Waals surface area contributed by atoms with Crippen molar-refractivity contribution in [1.29, 1.82) is 0 Å².